The van der Waals surface area contributed by atoms with Crippen molar-refractivity contribution in [2.45, 2.75) is 11.8 Å². The first-order valence-electron chi connectivity index (χ1n) is 6.99. The Balaban J connectivity index is 2.26. The lowest BCUT2D eigenvalue weighted by Gasteiger charge is -2.04. The highest BCUT2D eigenvalue weighted by molar-refractivity contribution is 7.90. The van der Waals surface area contributed by atoms with Crippen molar-refractivity contribution in [2.75, 3.05) is 7.05 Å². The molecule has 0 aliphatic rings. The number of hydrogen-bond donors (Lipinski definition) is 3. The summed E-state index contributed by atoms with van der Waals surface area (Å²) in [5, 5.41) is 3.79. The van der Waals surface area contributed by atoms with E-state index in [9.17, 15) is 18.0 Å². The molecule has 124 valence electrons. The molecule has 0 saturated heterocycles. The number of nitrogens with zero attached hydrogens (tertiary/aromatic N) is 1. The zero-order chi connectivity index (χ0) is 17.5. The Labute approximate surface area is 137 Å². The third kappa shape index (κ3) is 2.58. The Morgan fingerprint density at radius 1 is 1.17 bits per heavy atom. The minimum atomic E-state index is -3.94. The van der Waals surface area contributed by atoms with E-state index in [-0.39, 0.29) is 16.5 Å². The molecule has 0 aliphatic heterocycles. The molecule has 0 fully saturated rings. The van der Waals surface area contributed by atoms with Gasteiger partial charge in [-0.2, -0.15) is 0 Å². The number of fused-ring (bicyclic) bond motifs is 3. The molecule has 9 heteroatoms. The largest absolute Gasteiger partial charge is 0.354 e. The fraction of sp³-hybridized carbons (Fsp3) is 0.133. The molecule has 0 saturated carbocycles. The predicted molar refractivity (Wildman–Crippen MR) is 88.0 cm³/mol. The number of aromatic nitrogens is 2. The van der Waals surface area contributed by atoms with Crippen LogP contribution in [0.25, 0.3) is 21.8 Å². The number of rotatable bonds is 3. The van der Waals surface area contributed by atoms with Gasteiger partial charge < -0.3 is 10.3 Å². The first-order valence-corrected chi connectivity index (χ1v) is 8.47. The molecule has 0 unspecified atom stereocenters. The first-order chi connectivity index (χ1) is 11.3. The molecule has 3 N–H and O–H groups in total. The van der Waals surface area contributed by atoms with E-state index >= 15 is 0 Å². The van der Waals surface area contributed by atoms with Crippen LogP contribution in [0.5, 0.6) is 0 Å². The van der Waals surface area contributed by atoms with E-state index in [1.54, 1.807) is 12.1 Å². The van der Waals surface area contributed by atoms with Crippen LogP contribution in [0, 0.1) is 0 Å². The van der Waals surface area contributed by atoms with Crippen LogP contribution in [0.3, 0.4) is 0 Å². The summed E-state index contributed by atoms with van der Waals surface area (Å²) in [5.41, 5.74) is 1.39. The lowest BCUT2D eigenvalue weighted by atomic mass is 10.1. The number of aromatic amines is 1. The number of carbonyl (C=O) groups is 2. The maximum absolute atomic E-state index is 12.1. The molecule has 0 aliphatic carbocycles. The topological polar surface area (TPSA) is 121 Å². The van der Waals surface area contributed by atoms with Crippen LogP contribution in [0.15, 0.2) is 35.4 Å². The van der Waals surface area contributed by atoms with Crippen molar-refractivity contribution in [3.05, 3.63) is 36.2 Å². The SMILES string of the molecule is CNC(=O)c1nccc2c1[nH]c1ccc(S(=O)(=O)NC(C)=O)cc12. The fourth-order valence-electron chi connectivity index (χ4n) is 2.51. The Bertz CT molecular complexity index is 1090. The van der Waals surface area contributed by atoms with Crippen LogP contribution in [-0.2, 0) is 14.8 Å². The Morgan fingerprint density at radius 2 is 1.92 bits per heavy atom. The quantitative estimate of drug-likeness (QED) is 0.650. The summed E-state index contributed by atoms with van der Waals surface area (Å²) in [4.78, 5) is 30.1. The number of nitrogens with one attached hydrogen (secondary N) is 3. The maximum atomic E-state index is 12.1. The van der Waals surface area contributed by atoms with Gasteiger partial charge in [-0.05, 0) is 24.3 Å². The minimum Gasteiger partial charge on any atom is -0.354 e. The molecule has 24 heavy (non-hydrogen) atoms. The smallest absolute Gasteiger partial charge is 0.271 e. The number of H-pyrrole nitrogens is 1. The van der Waals surface area contributed by atoms with Gasteiger partial charge in [0, 0.05) is 36.5 Å². The second-order valence-electron chi connectivity index (χ2n) is 5.16. The van der Waals surface area contributed by atoms with Gasteiger partial charge in [-0.3, -0.25) is 9.59 Å². The maximum Gasteiger partial charge on any atom is 0.271 e. The minimum absolute atomic E-state index is 0.0376. The summed E-state index contributed by atoms with van der Waals surface area (Å²) < 4.78 is 26.2. The molecule has 0 atom stereocenters. The molecular weight excluding hydrogens is 332 g/mol. The molecule has 8 nitrogen and oxygen atoms in total. The van der Waals surface area contributed by atoms with Gasteiger partial charge in [-0.25, -0.2) is 18.1 Å². The number of sulfonamides is 1. The average Bonchev–Trinajstić information content (AvgIpc) is 2.90. The molecule has 2 heterocycles. The van der Waals surface area contributed by atoms with Gasteiger partial charge in [0.1, 0.15) is 0 Å². The predicted octanol–water partition coefficient (Wildman–Crippen LogP) is 0.900. The third-order valence-corrected chi connectivity index (χ3v) is 4.95. The fourth-order valence-corrected chi connectivity index (χ4v) is 3.52. The van der Waals surface area contributed by atoms with Crippen molar-refractivity contribution in [1.29, 1.82) is 0 Å². The van der Waals surface area contributed by atoms with Gasteiger partial charge in [0.2, 0.25) is 5.91 Å². The van der Waals surface area contributed by atoms with Crippen LogP contribution < -0.4 is 10.0 Å². The van der Waals surface area contributed by atoms with Crippen LogP contribution in [-0.4, -0.2) is 37.2 Å². The monoisotopic (exact) mass is 346 g/mol. The number of hydrogen-bond acceptors (Lipinski definition) is 5. The van der Waals surface area contributed by atoms with E-state index in [4.69, 9.17) is 0 Å². The molecular formula is C15H14N4O4S. The molecule has 3 aromatic rings. The molecule has 0 spiro atoms. The second kappa shape index (κ2) is 5.60. The van der Waals surface area contributed by atoms with Crippen molar-refractivity contribution in [2.24, 2.45) is 0 Å². The Hall–Kier alpha value is -2.94. The number of pyridine rings is 1. The Morgan fingerprint density at radius 3 is 2.58 bits per heavy atom. The summed E-state index contributed by atoms with van der Waals surface area (Å²) in [5.74, 6) is -1.02. The number of benzene rings is 1. The van der Waals surface area contributed by atoms with E-state index in [0.717, 1.165) is 6.92 Å². The van der Waals surface area contributed by atoms with Gasteiger partial charge in [0.25, 0.3) is 15.9 Å². The second-order valence-corrected chi connectivity index (χ2v) is 6.84. The molecule has 3 rings (SSSR count). The highest BCUT2D eigenvalue weighted by Crippen LogP contribution is 2.28. The van der Waals surface area contributed by atoms with Gasteiger partial charge >= 0.3 is 0 Å². The molecule has 2 aromatic heterocycles. The highest BCUT2D eigenvalue weighted by atomic mass is 32.2. The van der Waals surface area contributed by atoms with Gasteiger partial charge in [-0.1, -0.05) is 0 Å². The normalized spacial score (nSPS) is 11.6. The van der Waals surface area contributed by atoms with Crippen LogP contribution >= 0.6 is 0 Å². The van der Waals surface area contributed by atoms with Crippen molar-refractivity contribution in [1.82, 2.24) is 20.0 Å². The van der Waals surface area contributed by atoms with Crippen molar-refractivity contribution < 1.29 is 18.0 Å². The third-order valence-electron chi connectivity index (χ3n) is 3.52. The lowest BCUT2D eigenvalue weighted by molar-refractivity contribution is -0.117. The molecule has 2 amide bonds. The molecule has 1 aromatic carbocycles. The van der Waals surface area contributed by atoms with Crippen LogP contribution in [0.1, 0.15) is 17.4 Å². The molecule has 0 radical (unpaired) electrons. The summed E-state index contributed by atoms with van der Waals surface area (Å²) >= 11 is 0. The van der Waals surface area contributed by atoms with Crippen LogP contribution in [0.2, 0.25) is 0 Å². The summed E-state index contributed by atoms with van der Waals surface area (Å²) in [6.45, 7) is 1.13. The Kier molecular flexibility index (Phi) is 3.72. The number of carbonyl (C=O) groups excluding carboxylic acids is 2. The van der Waals surface area contributed by atoms with Crippen molar-refractivity contribution >= 4 is 43.6 Å². The zero-order valence-corrected chi connectivity index (χ0v) is 13.7. The van der Waals surface area contributed by atoms with Gasteiger partial charge in [0.15, 0.2) is 5.69 Å². The standard InChI is InChI=1S/C15H14N4O4S/c1-8(20)19-24(22,23)9-3-4-12-11(7-9)10-5-6-17-14(13(10)18-12)15(21)16-2/h3-7,18H,1-2H3,(H,16,21)(H,19,20). The zero-order valence-electron chi connectivity index (χ0n) is 12.9. The molecule has 0 bridgehead atoms. The van der Waals surface area contributed by atoms with Crippen molar-refractivity contribution in [3.63, 3.8) is 0 Å². The van der Waals surface area contributed by atoms with E-state index in [1.807, 2.05) is 4.72 Å². The van der Waals surface area contributed by atoms with Gasteiger partial charge in [-0.15, -0.1) is 0 Å². The number of amides is 2. The average molecular weight is 346 g/mol. The highest BCUT2D eigenvalue weighted by Gasteiger charge is 2.19. The summed E-state index contributed by atoms with van der Waals surface area (Å²) in [7, 11) is -2.43. The van der Waals surface area contributed by atoms with Gasteiger partial charge in [0.05, 0.1) is 10.4 Å². The lowest BCUT2D eigenvalue weighted by Crippen LogP contribution is -2.28. The van der Waals surface area contributed by atoms with Crippen molar-refractivity contribution in [3.8, 4) is 0 Å². The van der Waals surface area contributed by atoms with E-state index < -0.39 is 15.9 Å². The van der Waals surface area contributed by atoms with E-state index in [1.165, 1.54) is 25.4 Å². The summed E-state index contributed by atoms with van der Waals surface area (Å²) in [6.07, 6.45) is 1.48. The van der Waals surface area contributed by atoms with E-state index in [0.29, 0.717) is 21.8 Å². The van der Waals surface area contributed by atoms with E-state index in [2.05, 4.69) is 15.3 Å². The first kappa shape index (κ1) is 15.9. The van der Waals surface area contributed by atoms with Crippen LogP contribution in [0.4, 0.5) is 0 Å². The summed E-state index contributed by atoms with van der Waals surface area (Å²) in [6, 6.07) is 6.11.